The first-order chi connectivity index (χ1) is 13.9. The van der Waals surface area contributed by atoms with Gasteiger partial charge < -0.3 is 9.30 Å². The summed E-state index contributed by atoms with van der Waals surface area (Å²) >= 11 is 0. The molecule has 4 rings (SSSR count). The molecule has 4 aromatic rings. The Labute approximate surface area is 173 Å². The predicted octanol–water partition coefficient (Wildman–Crippen LogP) is 6.39. The molecule has 0 atom stereocenters. The van der Waals surface area contributed by atoms with Crippen LogP contribution in [0.2, 0.25) is 0 Å². The molecule has 0 aliphatic carbocycles. The minimum Gasteiger partial charge on any atom is -0.492 e. The summed E-state index contributed by atoms with van der Waals surface area (Å²) in [5.74, 6) is 1.89. The summed E-state index contributed by atoms with van der Waals surface area (Å²) in [5.41, 5.74) is 5.98. The average Bonchev–Trinajstić information content (AvgIpc) is 3.07. The Morgan fingerprint density at radius 1 is 0.897 bits per heavy atom. The van der Waals surface area contributed by atoms with Gasteiger partial charge in [0.15, 0.2) is 0 Å². The van der Waals surface area contributed by atoms with Gasteiger partial charge in [-0.05, 0) is 48.2 Å². The lowest BCUT2D eigenvalue weighted by atomic mass is 9.87. The molecule has 0 aliphatic rings. The van der Waals surface area contributed by atoms with Crippen LogP contribution < -0.4 is 4.74 Å². The number of hydrogen-bond acceptors (Lipinski definition) is 2. The lowest BCUT2D eigenvalue weighted by Crippen LogP contribution is -2.11. The molecule has 0 N–H and O–H groups in total. The van der Waals surface area contributed by atoms with Crippen LogP contribution in [0, 0.1) is 6.92 Å². The number of fused-ring (bicyclic) bond motifs is 1. The van der Waals surface area contributed by atoms with E-state index >= 15 is 0 Å². The fourth-order valence-electron chi connectivity index (χ4n) is 3.61. The highest BCUT2D eigenvalue weighted by molar-refractivity contribution is 5.80. The van der Waals surface area contributed by atoms with Crippen LogP contribution in [0.15, 0.2) is 72.8 Å². The normalized spacial score (nSPS) is 11.7. The number of aryl methyl sites for hydroxylation is 1. The van der Waals surface area contributed by atoms with E-state index in [1.54, 1.807) is 0 Å². The number of hydrogen-bond donors (Lipinski definition) is 0. The maximum Gasteiger partial charge on any atom is 0.141 e. The minimum atomic E-state index is 0.150. The number of benzene rings is 3. The second-order valence-corrected chi connectivity index (χ2v) is 8.57. The molecular formula is C26H28N2O. The van der Waals surface area contributed by atoms with Crippen molar-refractivity contribution < 1.29 is 4.74 Å². The van der Waals surface area contributed by atoms with Crippen molar-refractivity contribution in [2.45, 2.75) is 39.7 Å². The summed E-state index contributed by atoms with van der Waals surface area (Å²) in [5, 5.41) is 0. The number of ether oxygens (including phenoxy) is 1. The topological polar surface area (TPSA) is 27.1 Å². The van der Waals surface area contributed by atoms with E-state index < -0.39 is 0 Å². The van der Waals surface area contributed by atoms with Gasteiger partial charge in [-0.1, -0.05) is 68.8 Å². The largest absolute Gasteiger partial charge is 0.492 e. The summed E-state index contributed by atoms with van der Waals surface area (Å²) in [6.07, 6.45) is 0. The van der Waals surface area contributed by atoms with Crippen LogP contribution in [-0.2, 0) is 12.0 Å². The Morgan fingerprint density at radius 3 is 2.38 bits per heavy atom. The summed E-state index contributed by atoms with van der Waals surface area (Å²) in [6, 6.07) is 25.2. The third-order valence-electron chi connectivity index (χ3n) is 5.23. The first kappa shape index (κ1) is 19.3. The molecule has 3 nitrogen and oxygen atoms in total. The summed E-state index contributed by atoms with van der Waals surface area (Å²) in [7, 11) is 0. The zero-order chi connectivity index (χ0) is 20.4. The van der Waals surface area contributed by atoms with Crippen LogP contribution in [-0.4, -0.2) is 16.2 Å². The smallest absolute Gasteiger partial charge is 0.141 e. The Morgan fingerprint density at radius 2 is 1.66 bits per heavy atom. The van der Waals surface area contributed by atoms with Crippen molar-refractivity contribution in [2.24, 2.45) is 0 Å². The lowest BCUT2D eigenvalue weighted by Gasteiger charge is -2.19. The zero-order valence-corrected chi connectivity index (χ0v) is 17.6. The molecule has 29 heavy (non-hydrogen) atoms. The van der Waals surface area contributed by atoms with Crippen molar-refractivity contribution in [3.8, 4) is 17.1 Å². The summed E-state index contributed by atoms with van der Waals surface area (Å²) in [6.45, 7) is 10.1. The quantitative estimate of drug-likeness (QED) is 0.399. The molecule has 3 aromatic carbocycles. The number of nitrogens with zero attached hydrogens (tertiary/aromatic N) is 2. The standard InChI is InChI=1S/C26H28N2O/c1-19-8-7-9-20(18-19)25-27-23-10-5-6-11-24(23)28(25)16-17-29-22-14-12-21(13-15-22)26(2,3)4/h5-15,18H,16-17H2,1-4H3. The fourth-order valence-corrected chi connectivity index (χ4v) is 3.61. The van der Waals surface area contributed by atoms with Crippen LogP contribution in [0.3, 0.4) is 0 Å². The highest BCUT2D eigenvalue weighted by Crippen LogP contribution is 2.26. The molecule has 0 fully saturated rings. The van der Waals surface area contributed by atoms with Gasteiger partial charge in [-0.3, -0.25) is 0 Å². The predicted molar refractivity (Wildman–Crippen MR) is 121 cm³/mol. The Hall–Kier alpha value is -3.07. The molecule has 0 bridgehead atoms. The maximum absolute atomic E-state index is 6.06. The van der Waals surface area contributed by atoms with Gasteiger partial charge in [0.05, 0.1) is 17.6 Å². The fraction of sp³-hybridized carbons (Fsp3) is 0.269. The average molecular weight is 385 g/mol. The highest BCUT2D eigenvalue weighted by Gasteiger charge is 2.14. The van der Waals surface area contributed by atoms with Crippen molar-refractivity contribution >= 4 is 11.0 Å². The van der Waals surface area contributed by atoms with Crippen molar-refractivity contribution in [2.75, 3.05) is 6.61 Å². The van der Waals surface area contributed by atoms with E-state index in [1.807, 2.05) is 6.07 Å². The molecule has 0 spiro atoms. The van der Waals surface area contributed by atoms with Crippen molar-refractivity contribution in [1.82, 2.24) is 9.55 Å². The van der Waals surface area contributed by atoms with E-state index in [1.165, 1.54) is 11.1 Å². The van der Waals surface area contributed by atoms with Crippen LogP contribution in [0.1, 0.15) is 31.9 Å². The first-order valence-electron chi connectivity index (χ1n) is 10.2. The Kier molecular flexibility index (Phi) is 5.14. The van der Waals surface area contributed by atoms with Gasteiger partial charge in [-0.15, -0.1) is 0 Å². The number of rotatable bonds is 5. The van der Waals surface area contributed by atoms with Crippen LogP contribution in [0.4, 0.5) is 0 Å². The van der Waals surface area contributed by atoms with Gasteiger partial charge in [0.25, 0.3) is 0 Å². The highest BCUT2D eigenvalue weighted by atomic mass is 16.5. The molecule has 148 valence electrons. The monoisotopic (exact) mass is 384 g/mol. The van der Waals surface area contributed by atoms with E-state index in [0.717, 1.165) is 34.7 Å². The molecule has 0 radical (unpaired) electrons. The number of imidazole rings is 1. The van der Waals surface area contributed by atoms with Crippen molar-refractivity contribution in [1.29, 1.82) is 0 Å². The SMILES string of the molecule is Cc1cccc(-c2nc3ccccc3n2CCOc2ccc(C(C)(C)C)cc2)c1. The summed E-state index contributed by atoms with van der Waals surface area (Å²) < 4.78 is 8.32. The van der Waals surface area contributed by atoms with Gasteiger partial charge >= 0.3 is 0 Å². The van der Waals surface area contributed by atoms with E-state index in [4.69, 9.17) is 9.72 Å². The van der Waals surface area contributed by atoms with Gasteiger partial charge in [0.1, 0.15) is 18.2 Å². The lowest BCUT2D eigenvalue weighted by molar-refractivity contribution is 0.300. The van der Waals surface area contributed by atoms with Gasteiger partial charge in [-0.25, -0.2) is 4.98 Å². The van der Waals surface area contributed by atoms with Gasteiger partial charge in [-0.2, -0.15) is 0 Å². The third-order valence-corrected chi connectivity index (χ3v) is 5.23. The second kappa shape index (κ2) is 7.75. The molecule has 3 heteroatoms. The molecule has 0 aliphatic heterocycles. The van der Waals surface area contributed by atoms with Crippen molar-refractivity contribution in [3.05, 3.63) is 83.9 Å². The Bertz CT molecular complexity index is 1120. The maximum atomic E-state index is 6.06. The zero-order valence-electron chi connectivity index (χ0n) is 17.6. The third kappa shape index (κ3) is 4.19. The van der Waals surface area contributed by atoms with Gasteiger partial charge in [0.2, 0.25) is 0 Å². The first-order valence-corrected chi connectivity index (χ1v) is 10.2. The summed E-state index contributed by atoms with van der Waals surface area (Å²) in [4.78, 5) is 4.90. The van der Waals surface area contributed by atoms with E-state index in [0.29, 0.717) is 6.61 Å². The van der Waals surface area contributed by atoms with Crippen LogP contribution in [0.5, 0.6) is 5.75 Å². The minimum absolute atomic E-state index is 0.150. The molecule has 0 saturated carbocycles. The molecule has 0 unspecified atom stereocenters. The Balaban J connectivity index is 1.57. The molecule has 0 amide bonds. The van der Waals surface area contributed by atoms with E-state index in [-0.39, 0.29) is 5.41 Å². The number of aromatic nitrogens is 2. The molecule has 1 aromatic heterocycles. The van der Waals surface area contributed by atoms with Crippen LogP contribution >= 0.6 is 0 Å². The second-order valence-electron chi connectivity index (χ2n) is 8.57. The van der Waals surface area contributed by atoms with Gasteiger partial charge in [0, 0.05) is 5.56 Å². The van der Waals surface area contributed by atoms with Crippen LogP contribution in [0.25, 0.3) is 22.4 Å². The molecule has 0 saturated heterocycles. The molecule has 1 heterocycles. The number of para-hydroxylation sites is 2. The molecular weight excluding hydrogens is 356 g/mol. The van der Waals surface area contributed by atoms with E-state index in [9.17, 15) is 0 Å². The van der Waals surface area contributed by atoms with E-state index in [2.05, 4.69) is 99.0 Å². The van der Waals surface area contributed by atoms with Crippen molar-refractivity contribution in [3.63, 3.8) is 0 Å².